The topological polar surface area (TPSA) is 129 Å². The number of thioether (sulfide) groups is 1. The minimum Gasteiger partial charge on any atom is -0.341 e. The van der Waals surface area contributed by atoms with E-state index in [0.29, 0.717) is 25.9 Å². The predicted molar refractivity (Wildman–Crippen MR) is 169 cm³/mol. The number of rotatable bonds is 9. The predicted octanol–water partition coefficient (Wildman–Crippen LogP) is 4.39. The highest BCUT2D eigenvalue weighted by Gasteiger charge is 2.32. The average molecular weight is 589 g/mol. The Morgan fingerprint density at radius 1 is 1.02 bits per heavy atom. The molecule has 0 saturated carbocycles. The molecule has 0 aromatic heterocycles. The molecule has 5 amide bonds. The van der Waals surface area contributed by atoms with Gasteiger partial charge in [-0.05, 0) is 79.0 Å². The van der Waals surface area contributed by atoms with Gasteiger partial charge in [0.1, 0.15) is 6.04 Å². The number of carbonyl (C=O) groups is 3. The van der Waals surface area contributed by atoms with E-state index in [0.717, 1.165) is 38.4 Å². The van der Waals surface area contributed by atoms with E-state index in [2.05, 4.69) is 27.3 Å². The molecule has 1 aliphatic rings. The molecule has 10 heteroatoms. The van der Waals surface area contributed by atoms with Gasteiger partial charge in [-0.2, -0.15) is 0 Å². The maximum absolute atomic E-state index is 13.9. The molecule has 0 bridgehead atoms. The number of aryl methyl sites for hydroxylation is 1. The molecule has 0 saturated heterocycles. The first-order chi connectivity index (χ1) is 20.1. The molecule has 4 rings (SSSR count). The third-order valence-corrected chi connectivity index (χ3v) is 7.87. The number of benzene rings is 3. The Labute approximate surface area is 252 Å². The van der Waals surface area contributed by atoms with Gasteiger partial charge in [-0.15, -0.1) is 11.8 Å². The highest BCUT2D eigenvalue weighted by atomic mass is 32.2. The van der Waals surface area contributed by atoms with Crippen LogP contribution in [0, 0.1) is 0 Å². The number of urea groups is 2. The van der Waals surface area contributed by atoms with Crippen molar-refractivity contribution >= 4 is 35.4 Å². The second-order valence-corrected chi connectivity index (χ2v) is 12.0. The van der Waals surface area contributed by atoms with Gasteiger partial charge in [-0.25, -0.2) is 9.59 Å². The summed E-state index contributed by atoms with van der Waals surface area (Å²) in [6, 6.07) is 20.9. The van der Waals surface area contributed by atoms with Crippen molar-refractivity contribution in [3.8, 4) is 11.1 Å². The summed E-state index contributed by atoms with van der Waals surface area (Å²) in [6.07, 6.45) is 3.20. The fourth-order valence-corrected chi connectivity index (χ4v) is 5.35. The van der Waals surface area contributed by atoms with E-state index in [4.69, 9.17) is 5.73 Å². The fraction of sp³-hybridized carbons (Fsp3) is 0.344. The normalized spacial score (nSPS) is 14.9. The highest BCUT2D eigenvalue weighted by molar-refractivity contribution is 7.98. The monoisotopic (exact) mass is 588 g/mol. The summed E-state index contributed by atoms with van der Waals surface area (Å²) in [6.45, 7) is 4.71. The second-order valence-electron chi connectivity index (χ2n) is 11.1. The summed E-state index contributed by atoms with van der Waals surface area (Å²) in [7, 11) is 1.59. The van der Waals surface area contributed by atoms with Crippen molar-refractivity contribution in [2.24, 2.45) is 5.73 Å². The Balaban J connectivity index is 1.57. The smallest absolute Gasteiger partial charge is 0.315 e. The average Bonchev–Trinajstić information content (AvgIpc) is 3.11. The SMILES string of the molecule is CNC(=O)NCc1ccccc1-c1ccc(CN2C(=O)[C@H](NC(=O)NCC(C)(C)N)CCc3cc(SC)ccc32)cc1. The summed E-state index contributed by atoms with van der Waals surface area (Å²) >= 11 is 1.66. The van der Waals surface area contributed by atoms with Gasteiger partial charge in [0.25, 0.3) is 0 Å². The van der Waals surface area contributed by atoms with E-state index in [1.54, 1.807) is 23.7 Å². The van der Waals surface area contributed by atoms with E-state index in [1.807, 2.05) is 80.8 Å². The van der Waals surface area contributed by atoms with Crippen LogP contribution in [0.1, 0.15) is 37.0 Å². The molecule has 6 N–H and O–H groups in total. The van der Waals surface area contributed by atoms with Gasteiger partial charge in [0.2, 0.25) is 5.91 Å². The van der Waals surface area contributed by atoms with Gasteiger partial charge in [-0.3, -0.25) is 4.79 Å². The number of hydrogen-bond acceptors (Lipinski definition) is 5. The number of hydrogen-bond donors (Lipinski definition) is 5. The number of nitrogens with one attached hydrogen (secondary N) is 4. The molecule has 9 nitrogen and oxygen atoms in total. The van der Waals surface area contributed by atoms with Crippen molar-refractivity contribution in [2.45, 2.75) is 56.3 Å². The van der Waals surface area contributed by atoms with Crippen LogP contribution in [0.2, 0.25) is 0 Å². The lowest BCUT2D eigenvalue weighted by Gasteiger charge is -2.27. The first-order valence-corrected chi connectivity index (χ1v) is 15.2. The summed E-state index contributed by atoms with van der Waals surface area (Å²) in [5.41, 5.74) is 11.4. The lowest BCUT2D eigenvalue weighted by atomic mass is 9.98. The third kappa shape index (κ3) is 8.04. The Morgan fingerprint density at radius 2 is 1.76 bits per heavy atom. The lowest BCUT2D eigenvalue weighted by Crippen LogP contribution is -2.53. The third-order valence-electron chi connectivity index (χ3n) is 7.14. The van der Waals surface area contributed by atoms with Crippen molar-refractivity contribution in [1.29, 1.82) is 0 Å². The van der Waals surface area contributed by atoms with Crippen molar-refractivity contribution in [3.05, 3.63) is 83.4 Å². The van der Waals surface area contributed by atoms with Crippen LogP contribution in [0.4, 0.5) is 15.3 Å². The van der Waals surface area contributed by atoms with Crippen molar-refractivity contribution in [3.63, 3.8) is 0 Å². The van der Waals surface area contributed by atoms with Gasteiger partial charge in [0, 0.05) is 36.3 Å². The van der Waals surface area contributed by atoms with Crippen molar-refractivity contribution in [1.82, 2.24) is 21.3 Å². The zero-order valence-electron chi connectivity index (χ0n) is 24.6. The van der Waals surface area contributed by atoms with Crippen LogP contribution in [-0.4, -0.2) is 49.4 Å². The minimum atomic E-state index is -0.671. The van der Waals surface area contributed by atoms with Crippen LogP contribution < -0.4 is 31.9 Å². The van der Waals surface area contributed by atoms with Gasteiger partial charge in [0.15, 0.2) is 0 Å². The molecular formula is C32H40N6O3S. The Hall–Kier alpha value is -4.02. The Bertz CT molecular complexity index is 1420. The molecule has 42 heavy (non-hydrogen) atoms. The van der Waals surface area contributed by atoms with Gasteiger partial charge < -0.3 is 31.9 Å². The Kier molecular flexibility index (Phi) is 10.1. The van der Waals surface area contributed by atoms with Crippen LogP contribution in [0.15, 0.2) is 71.6 Å². The molecule has 1 atom stereocenters. The maximum Gasteiger partial charge on any atom is 0.315 e. The quantitative estimate of drug-likeness (QED) is 0.237. The zero-order valence-corrected chi connectivity index (χ0v) is 25.4. The molecule has 1 aliphatic heterocycles. The highest BCUT2D eigenvalue weighted by Crippen LogP contribution is 2.32. The minimum absolute atomic E-state index is 0.150. The van der Waals surface area contributed by atoms with Crippen LogP contribution in [-0.2, 0) is 24.3 Å². The molecule has 0 radical (unpaired) electrons. The number of fused-ring (bicyclic) bond motifs is 1. The largest absolute Gasteiger partial charge is 0.341 e. The molecule has 1 heterocycles. The molecule has 3 aromatic rings. The number of carbonyl (C=O) groups excluding carboxylic acids is 3. The molecule has 0 aliphatic carbocycles. The first kappa shape index (κ1) is 30.9. The molecule has 3 aromatic carbocycles. The lowest BCUT2D eigenvalue weighted by molar-refractivity contribution is -0.120. The molecule has 222 valence electrons. The second kappa shape index (κ2) is 13.8. The van der Waals surface area contributed by atoms with E-state index in [-0.39, 0.29) is 18.5 Å². The fourth-order valence-electron chi connectivity index (χ4n) is 4.89. The summed E-state index contributed by atoms with van der Waals surface area (Å²) < 4.78 is 0. The zero-order chi connectivity index (χ0) is 30.3. The van der Waals surface area contributed by atoms with Crippen LogP contribution in [0.25, 0.3) is 11.1 Å². The van der Waals surface area contributed by atoms with Gasteiger partial charge >= 0.3 is 12.1 Å². The Morgan fingerprint density at radius 3 is 2.45 bits per heavy atom. The van der Waals surface area contributed by atoms with E-state index in [1.165, 1.54) is 0 Å². The van der Waals surface area contributed by atoms with E-state index < -0.39 is 17.6 Å². The van der Waals surface area contributed by atoms with Crippen molar-refractivity contribution in [2.75, 3.05) is 24.7 Å². The number of amides is 5. The first-order valence-electron chi connectivity index (χ1n) is 14.0. The van der Waals surface area contributed by atoms with Crippen molar-refractivity contribution < 1.29 is 14.4 Å². The van der Waals surface area contributed by atoms with Crippen LogP contribution >= 0.6 is 11.8 Å². The standard InChI is InChI=1S/C32H40N6O3S/c1-32(2,33)20-36-31(41)37-27-15-13-23-17-25(42-4)14-16-28(23)38(29(27)39)19-21-9-11-22(12-10-21)26-8-6-5-7-24(26)18-35-30(40)34-3/h5-12,14,16-17,27H,13,15,18-20,33H2,1-4H3,(H2,34,35,40)(H2,36,37,41)/t27-/m1/s1. The van der Waals surface area contributed by atoms with E-state index >= 15 is 0 Å². The summed E-state index contributed by atoms with van der Waals surface area (Å²) in [5.74, 6) is -0.150. The number of nitrogens with zero attached hydrogens (tertiary/aromatic N) is 1. The molecule has 0 unspecified atom stereocenters. The van der Waals surface area contributed by atoms with Gasteiger partial charge in [0.05, 0.1) is 6.54 Å². The van der Waals surface area contributed by atoms with Crippen LogP contribution in [0.3, 0.4) is 0 Å². The molecule has 0 spiro atoms. The van der Waals surface area contributed by atoms with E-state index in [9.17, 15) is 14.4 Å². The summed E-state index contributed by atoms with van der Waals surface area (Å²) in [4.78, 5) is 41.2. The molecular weight excluding hydrogens is 548 g/mol. The number of anilines is 1. The summed E-state index contributed by atoms with van der Waals surface area (Å²) in [5, 5.41) is 11.1. The number of nitrogens with two attached hydrogens (primary N) is 1. The maximum atomic E-state index is 13.9. The van der Waals surface area contributed by atoms with Gasteiger partial charge in [-0.1, -0.05) is 48.5 Å². The molecule has 0 fully saturated rings. The van der Waals surface area contributed by atoms with Crippen LogP contribution in [0.5, 0.6) is 0 Å².